The van der Waals surface area contributed by atoms with Gasteiger partial charge >= 0.3 is 12.3 Å². The standard InChI is InChI=1S/C17H22F4N2O2/c1-16(2,3)25-15(24)23-8-4-5-12(23)10-22-14-9-11(17(19,20)21)6-7-13(14)18/h6-7,9,12,22H,4-5,8,10H2,1-3H3. The van der Waals surface area contributed by atoms with E-state index in [-0.39, 0.29) is 18.3 Å². The van der Waals surface area contributed by atoms with Crippen LogP contribution >= 0.6 is 0 Å². The minimum Gasteiger partial charge on any atom is -0.444 e. The van der Waals surface area contributed by atoms with Crippen molar-refractivity contribution >= 4 is 11.8 Å². The zero-order chi connectivity index (χ0) is 18.8. The Hall–Kier alpha value is -1.99. The third-order valence-corrected chi connectivity index (χ3v) is 3.83. The first-order chi connectivity index (χ1) is 11.5. The highest BCUT2D eigenvalue weighted by molar-refractivity contribution is 5.69. The van der Waals surface area contributed by atoms with Crippen LogP contribution in [-0.2, 0) is 10.9 Å². The summed E-state index contributed by atoms with van der Waals surface area (Å²) < 4.78 is 57.3. The maximum Gasteiger partial charge on any atom is 0.416 e. The molecule has 0 bridgehead atoms. The van der Waals surface area contributed by atoms with E-state index in [4.69, 9.17) is 4.74 Å². The van der Waals surface area contributed by atoms with Gasteiger partial charge in [0.15, 0.2) is 0 Å². The van der Waals surface area contributed by atoms with Crippen molar-refractivity contribution in [3.8, 4) is 0 Å². The monoisotopic (exact) mass is 362 g/mol. The van der Waals surface area contributed by atoms with Gasteiger partial charge < -0.3 is 15.0 Å². The van der Waals surface area contributed by atoms with Gasteiger partial charge in [-0.25, -0.2) is 9.18 Å². The van der Waals surface area contributed by atoms with E-state index in [1.165, 1.54) is 4.90 Å². The van der Waals surface area contributed by atoms with Gasteiger partial charge in [-0.15, -0.1) is 0 Å². The molecule has 0 aromatic heterocycles. The average molecular weight is 362 g/mol. The summed E-state index contributed by atoms with van der Waals surface area (Å²) in [5.74, 6) is -0.769. The number of hydrogen-bond donors (Lipinski definition) is 1. The van der Waals surface area contributed by atoms with Gasteiger partial charge in [0, 0.05) is 13.1 Å². The number of carbonyl (C=O) groups is 1. The van der Waals surface area contributed by atoms with Crippen molar-refractivity contribution in [1.29, 1.82) is 0 Å². The lowest BCUT2D eigenvalue weighted by Gasteiger charge is -2.29. The molecule has 0 spiro atoms. The number of nitrogens with one attached hydrogen (secondary N) is 1. The Morgan fingerprint density at radius 3 is 2.60 bits per heavy atom. The summed E-state index contributed by atoms with van der Waals surface area (Å²) in [6.45, 7) is 5.93. The predicted molar refractivity (Wildman–Crippen MR) is 85.9 cm³/mol. The molecule has 1 aliphatic rings. The van der Waals surface area contributed by atoms with Gasteiger partial charge in [0.2, 0.25) is 0 Å². The van der Waals surface area contributed by atoms with Crippen LogP contribution in [0.5, 0.6) is 0 Å². The maximum absolute atomic E-state index is 13.8. The van der Waals surface area contributed by atoms with Gasteiger partial charge in [-0.1, -0.05) is 0 Å². The van der Waals surface area contributed by atoms with E-state index in [2.05, 4.69) is 5.32 Å². The summed E-state index contributed by atoms with van der Waals surface area (Å²) in [6, 6.07) is 1.96. The highest BCUT2D eigenvalue weighted by atomic mass is 19.4. The molecular formula is C17H22F4N2O2. The molecule has 1 aromatic carbocycles. The first kappa shape index (κ1) is 19.3. The van der Waals surface area contributed by atoms with Gasteiger partial charge in [0.1, 0.15) is 11.4 Å². The molecule has 1 aliphatic heterocycles. The summed E-state index contributed by atoms with van der Waals surface area (Å²) >= 11 is 0. The molecule has 25 heavy (non-hydrogen) atoms. The largest absolute Gasteiger partial charge is 0.444 e. The zero-order valence-electron chi connectivity index (χ0n) is 14.4. The van der Waals surface area contributed by atoms with E-state index in [0.29, 0.717) is 19.0 Å². The summed E-state index contributed by atoms with van der Waals surface area (Å²) in [4.78, 5) is 13.7. The molecule has 4 nitrogen and oxygen atoms in total. The van der Waals surface area contributed by atoms with Crippen molar-refractivity contribution < 1.29 is 27.1 Å². The van der Waals surface area contributed by atoms with Gasteiger partial charge in [-0.2, -0.15) is 13.2 Å². The topological polar surface area (TPSA) is 41.6 Å². The van der Waals surface area contributed by atoms with E-state index < -0.39 is 29.3 Å². The van der Waals surface area contributed by atoms with E-state index in [1.54, 1.807) is 20.8 Å². The zero-order valence-corrected chi connectivity index (χ0v) is 14.4. The molecule has 2 rings (SSSR count). The highest BCUT2D eigenvalue weighted by Crippen LogP contribution is 2.32. The molecule has 1 fully saturated rings. The minimum absolute atomic E-state index is 0.150. The van der Waals surface area contributed by atoms with Crippen molar-refractivity contribution in [2.45, 2.75) is 51.4 Å². The Bertz CT molecular complexity index is 626. The van der Waals surface area contributed by atoms with E-state index in [9.17, 15) is 22.4 Å². The van der Waals surface area contributed by atoms with Crippen LogP contribution in [-0.4, -0.2) is 35.7 Å². The van der Waals surface area contributed by atoms with Gasteiger partial charge in [-0.3, -0.25) is 0 Å². The summed E-state index contributed by atoms with van der Waals surface area (Å²) in [5.41, 5.74) is -1.79. The molecule has 1 atom stereocenters. The second-order valence-corrected chi connectivity index (χ2v) is 7.04. The number of halogens is 4. The van der Waals surface area contributed by atoms with Crippen LogP contribution in [0, 0.1) is 5.82 Å². The van der Waals surface area contributed by atoms with Crippen LogP contribution in [0.3, 0.4) is 0 Å². The van der Waals surface area contributed by atoms with Crippen molar-refractivity contribution in [3.05, 3.63) is 29.6 Å². The Morgan fingerprint density at radius 1 is 1.32 bits per heavy atom. The van der Waals surface area contributed by atoms with Crippen LogP contribution in [0.2, 0.25) is 0 Å². The predicted octanol–water partition coefficient (Wildman–Crippen LogP) is 4.66. The number of likely N-dealkylation sites (tertiary alicyclic amines) is 1. The number of rotatable bonds is 3. The number of ether oxygens (including phenoxy) is 1. The minimum atomic E-state index is -4.54. The van der Waals surface area contributed by atoms with Crippen molar-refractivity contribution in [3.63, 3.8) is 0 Å². The first-order valence-electron chi connectivity index (χ1n) is 8.07. The molecular weight excluding hydrogens is 340 g/mol. The maximum atomic E-state index is 13.8. The summed E-state index contributed by atoms with van der Waals surface area (Å²) in [6.07, 6.45) is -3.58. The fourth-order valence-corrected chi connectivity index (χ4v) is 2.67. The number of amides is 1. The van der Waals surface area contributed by atoms with Crippen molar-refractivity contribution in [2.75, 3.05) is 18.4 Å². The van der Waals surface area contributed by atoms with Crippen molar-refractivity contribution in [1.82, 2.24) is 4.90 Å². The summed E-state index contributed by atoms with van der Waals surface area (Å²) in [7, 11) is 0. The Kier molecular flexibility index (Phi) is 5.49. The van der Waals surface area contributed by atoms with Crippen LogP contribution in [0.15, 0.2) is 18.2 Å². The van der Waals surface area contributed by atoms with Crippen LogP contribution in [0.25, 0.3) is 0 Å². The first-order valence-corrected chi connectivity index (χ1v) is 8.07. The quantitative estimate of drug-likeness (QED) is 0.796. The van der Waals surface area contributed by atoms with E-state index >= 15 is 0 Å². The summed E-state index contributed by atoms with van der Waals surface area (Å²) in [5, 5.41) is 2.69. The third-order valence-electron chi connectivity index (χ3n) is 3.83. The molecule has 0 saturated carbocycles. The van der Waals surface area contributed by atoms with Crippen LogP contribution in [0.1, 0.15) is 39.2 Å². The lowest BCUT2D eigenvalue weighted by Crippen LogP contribution is -2.42. The molecule has 140 valence electrons. The highest BCUT2D eigenvalue weighted by Gasteiger charge is 2.33. The van der Waals surface area contributed by atoms with E-state index in [1.807, 2.05) is 0 Å². The fourth-order valence-electron chi connectivity index (χ4n) is 2.67. The number of nitrogens with zero attached hydrogens (tertiary/aromatic N) is 1. The number of anilines is 1. The molecule has 0 radical (unpaired) electrons. The fraction of sp³-hybridized carbons (Fsp3) is 0.588. The lowest BCUT2D eigenvalue weighted by molar-refractivity contribution is -0.137. The molecule has 0 aliphatic carbocycles. The molecule has 1 saturated heterocycles. The lowest BCUT2D eigenvalue weighted by atomic mass is 10.1. The third kappa shape index (κ3) is 5.24. The molecule has 1 amide bonds. The molecule has 1 aromatic rings. The molecule has 1 N–H and O–H groups in total. The number of benzene rings is 1. The normalized spacial score (nSPS) is 18.4. The molecule has 1 heterocycles. The Labute approximate surface area is 144 Å². The van der Waals surface area contributed by atoms with Gasteiger partial charge in [0.25, 0.3) is 0 Å². The smallest absolute Gasteiger partial charge is 0.416 e. The molecule has 8 heteroatoms. The second-order valence-electron chi connectivity index (χ2n) is 7.04. The van der Waals surface area contributed by atoms with Crippen LogP contribution in [0.4, 0.5) is 28.0 Å². The Balaban J connectivity index is 2.04. The molecule has 1 unspecified atom stereocenters. The number of alkyl halides is 3. The number of carbonyl (C=O) groups excluding carboxylic acids is 1. The second kappa shape index (κ2) is 7.09. The number of hydrogen-bond acceptors (Lipinski definition) is 3. The van der Waals surface area contributed by atoms with Gasteiger partial charge in [0.05, 0.1) is 17.3 Å². The van der Waals surface area contributed by atoms with Gasteiger partial charge in [-0.05, 0) is 51.8 Å². The Morgan fingerprint density at radius 2 is 2.00 bits per heavy atom. The average Bonchev–Trinajstić information content (AvgIpc) is 2.92. The van der Waals surface area contributed by atoms with E-state index in [0.717, 1.165) is 18.6 Å². The SMILES string of the molecule is CC(C)(C)OC(=O)N1CCCC1CNc1cc(C(F)(F)F)ccc1F. The van der Waals surface area contributed by atoms with Crippen LogP contribution < -0.4 is 5.32 Å². The van der Waals surface area contributed by atoms with Crippen molar-refractivity contribution in [2.24, 2.45) is 0 Å².